The molecule has 1 aromatic rings. The topological polar surface area (TPSA) is 34.2 Å². The highest BCUT2D eigenvalue weighted by Crippen LogP contribution is 2.19. The van der Waals surface area contributed by atoms with E-state index in [1.54, 1.807) is 6.20 Å². The molecule has 2 unspecified atom stereocenters. The van der Waals surface area contributed by atoms with Crippen molar-refractivity contribution in [2.24, 2.45) is 0 Å². The molecule has 0 saturated carbocycles. The monoisotopic (exact) mass is 164 g/mol. The lowest BCUT2D eigenvalue weighted by Crippen LogP contribution is -2.14. The molecule has 2 heterocycles. The van der Waals surface area contributed by atoms with Crippen LogP contribution in [0, 0.1) is 0 Å². The Balaban J connectivity index is 2.11. The fourth-order valence-corrected chi connectivity index (χ4v) is 1.33. The second-order valence-corrected chi connectivity index (χ2v) is 3.02. The molecule has 64 valence electrons. The predicted octanol–water partition coefficient (Wildman–Crippen LogP) is 1.09. The molecule has 0 radical (unpaired) electrons. The summed E-state index contributed by atoms with van der Waals surface area (Å²) in [6.07, 6.45) is 3.93. The Morgan fingerprint density at radius 2 is 2.58 bits per heavy atom. The second-order valence-electron chi connectivity index (χ2n) is 3.02. The highest BCUT2D eigenvalue weighted by atomic mass is 16.5. The zero-order valence-electron chi connectivity index (χ0n) is 7.03. The van der Waals surface area contributed by atoms with E-state index in [1.807, 2.05) is 18.3 Å². The van der Waals surface area contributed by atoms with Crippen molar-refractivity contribution in [3.63, 3.8) is 0 Å². The second kappa shape index (κ2) is 3.21. The third kappa shape index (κ3) is 1.47. The smallest absolute Gasteiger partial charge is 0.136 e. The number of aromatic nitrogens is 1. The van der Waals surface area contributed by atoms with E-state index in [0.717, 1.165) is 12.1 Å². The number of hydrogen-bond donors (Lipinski definition) is 1. The summed E-state index contributed by atoms with van der Waals surface area (Å²) in [6, 6.07) is 3.94. The van der Waals surface area contributed by atoms with Crippen molar-refractivity contribution in [1.82, 2.24) is 10.3 Å². The first-order valence-corrected chi connectivity index (χ1v) is 4.15. The average Bonchev–Trinajstić information content (AvgIpc) is 2.54. The van der Waals surface area contributed by atoms with E-state index in [9.17, 15) is 0 Å². The molecule has 1 fully saturated rings. The molecule has 2 rings (SSSR count). The minimum atomic E-state index is 0.0358. The van der Waals surface area contributed by atoms with Gasteiger partial charge in [0.25, 0.3) is 0 Å². The van der Waals surface area contributed by atoms with Crippen molar-refractivity contribution in [3.05, 3.63) is 30.1 Å². The summed E-state index contributed by atoms with van der Waals surface area (Å²) in [5.41, 5.74) is 1.10. The normalized spacial score (nSPS) is 29.1. The highest BCUT2D eigenvalue weighted by Gasteiger charge is 2.21. The first-order chi connectivity index (χ1) is 5.86. The Morgan fingerprint density at radius 3 is 3.17 bits per heavy atom. The van der Waals surface area contributed by atoms with E-state index in [2.05, 4.69) is 17.2 Å². The quantitative estimate of drug-likeness (QED) is 0.674. The lowest BCUT2D eigenvalue weighted by molar-refractivity contribution is 0.0508. The number of ether oxygens (including phenoxy) is 1. The fraction of sp³-hybridized carbons (Fsp3) is 0.444. The Hall–Kier alpha value is -0.930. The van der Waals surface area contributed by atoms with E-state index in [-0.39, 0.29) is 6.23 Å². The van der Waals surface area contributed by atoms with Crippen LogP contribution < -0.4 is 5.32 Å². The molecule has 0 aromatic carbocycles. The molecule has 0 spiro atoms. The maximum Gasteiger partial charge on any atom is 0.136 e. The number of pyridine rings is 1. The van der Waals surface area contributed by atoms with Gasteiger partial charge in [0.1, 0.15) is 6.23 Å². The van der Waals surface area contributed by atoms with E-state index in [0.29, 0.717) is 6.10 Å². The predicted molar refractivity (Wildman–Crippen MR) is 45.5 cm³/mol. The Kier molecular flexibility index (Phi) is 2.06. The van der Waals surface area contributed by atoms with Crippen LogP contribution in [-0.4, -0.2) is 17.6 Å². The molecule has 12 heavy (non-hydrogen) atoms. The third-order valence-electron chi connectivity index (χ3n) is 1.95. The summed E-state index contributed by atoms with van der Waals surface area (Å²) in [4.78, 5) is 4.03. The van der Waals surface area contributed by atoms with Crippen LogP contribution in [0.25, 0.3) is 0 Å². The summed E-state index contributed by atoms with van der Waals surface area (Å²) in [6.45, 7) is 2.98. The first-order valence-electron chi connectivity index (χ1n) is 4.15. The van der Waals surface area contributed by atoms with Gasteiger partial charge in [-0.25, -0.2) is 0 Å². The van der Waals surface area contributed by atoms with Crippen molar-refractivity contribution in [2.45, 2.75) is 19.3 Å². The van der Waals surface area contributed by atoms with Crippen LogP contribution in [0.3, 0.4) is 0 Å². The van der Waals surface area contributed by atoms with Gasteiger partial charge in [-0.2, -0.15) is 0 Å². The van der Waals surface area contributed by atoms with Crippen LogP contribution in [0.4, 0.5) is 0 Å². The summed E-state index contributed by atoms with van der Waals surface area (Å²) < 4.78 is 5.60. The maximum atomic E-state index is 5.60. The summed E-state index contributed by atoms with van der Waals surface area (Å²) in [5.74, 6) is 0. The lowest BCUT2D eigenvalue weighted by Gasteiger charge is -2.09. The molecule has 2 atom stereocenters. The molecular formula is C9H12N2O. The highest BCUT2D eigenvalue weighted by molar-refractivity contribution is 5.12. The van der Waals surface area contributed by atoms with Gasteiger partial charge in [0, 0.05) is 24.5 Å². The zero-order valence-corrected chi connectivity index (χ0v) is 7.03. The van der Waals surface area contributed by atoms with Crippen molar-refractivity contribution in [2.75, 3.05) is 6.54 Å². The molecule has 3 heteroatoms. The van der Waals surface area contributed by atoms with Crippen LogP contribution in [0.15, 0.2) is 24.5 Å². The van der Waals surface area contributed by atoms with Gasteiger partial charge in [-0.15, -0.1) is 0 Å². The largest absolute Gasteiger partial charge is 0.355 e. The van der Waals surface area contributed by atoms with Gasteiger partial charge in [0.15, 0.2) is 0 Å². The number of rotatable bonds is 1. The number of nitrogens with one attached hydrogen (secondary N) is 1. The van der Waals surface area contributed by atoms with E-state index < -0.39 is 0 Å². The molecule has 1 N–H and O–H groups in total. The van der Waals surface area contributed by atoms with Crippen LogP contribution in [0.2, 0.25) is 0 Å². The maximum absolute atomic E-state index is 5.60. The van der Waals surface area contributed by atoms with Gasteiger partial charge < -0.3 is 4.74 Å². The molecule has 0 amide bonds. The lowest BCUT2D eigenvalue weighted by atomic mass is 10.2. The van der Waals surface area contributed by atoms with Crippen molar-refractivity contribution in [3.8, 4) is 0 Å². The Morgan fingerprint density at radius 1 is 1.67 bits per heavy atom. The van der Waals surface area contributed by atoms with Crippen molar-refractivity contribution in [1.29, 1.82) is 0 Å². The van der Waals surface area contributed by atoms with E-state index in [1.165, 1.54) is 0 Å². The van der Waals surface area contributed by atoms with Crippen LogP contribution in [0.1, 0.15) is 18.7 Å². The molecule has 1 aliphatic rings. The van der Waals surface area contributed by atoms with Crippen LogP contribution in [0.5, 0.6) is 0 Å². The SMILES string of the molecule is CC1CNC(c2cccnc2)O1. The first kappa shape index (κ1) is 7.71. The molecule has 1 aliphatic heterocycles. The average molecular weight is 164 g/mol. The molecule has 0 aliphatic carbocycles. The van der Waals surface area contributed by atoms with E-state index in [4.69, 9.17) is 4.74 Å². The van der Waals surface area contributed by atoms with Gasteiger partial charge in [-0.3, -0.25) is 10.3 Å². The number of hydrogen-bond acceptors (Lipinski definition) is 3. The van der Waals surface area contributed by atoms with Gasteiger partial charge in [-0.05, 0) is 13.0 Å². The minimum absolute atomic E-state index is 0.0358. The number of nitrogens with zero attached hydrogens (tertiary/aromatic N) is 1. The Bertz CT molecular complexity index is 250. The van der Waals surface area contributed by atoms with Crippen LogP contribution >= 0.6 is 0 Å². The molecule has 0 bridgehead atoms. The summed E-state index contributed by atoms with van der Waals surface area (Å²) in [7, 11) is 0. The Labute approximate surface area is 71.8 Å². The van der Waals surface area contributed by atoms with Crippen molar-refractivity contribution >= 4 is 0 Å². The summed E-state index contributed by atoms with van der Waals surface area (Å²) in [5, 5.41) is 3.26. The standard InChI is InChI=1S/C9H12N2O/c1-7-5-11-9(12-7)8-3-2-4-10-6-8/h2-4,6-7,9,11H,5H2,1H3. The van der Waals surface area contributed by atoms with Crippen LogP contribution in [-0.2, 0) is 4.74 Å². The molecule has 3 nitrogen and oxygen atoms in total. The molecular weight excluding hydrogens is 152 g/mol. The summed E-state index contributed by atoms with van der Waals surface area (Å²) >= 11 is 0. The minimum Gasteiger partial charge on any atom is -0.355 e. The van der Waals surface area contributed by atoms with Gasteiger partial charge >= 0.3 is 0 Å². The van der Waals surface area contributed by atoms with Crippen molar-refractivity contribution < 1.29 is 4.74 Å². The van der Waals surface area contributed by atoms with Gasteiger partial charge in [0.05, 0.1) is 6.10 Å². The third-order valence-corrected chi connectivity index (χ3v) is 1.95. The van der Waals surface area contributed by atoms with Gasteiger partial charge in [0.2, 0.25) is 0 Å². The van der Waals surface area contributed by atoms with Gasteiger partial charge in [-0.1, -0.05) is 6.07 Å². The fourth-order valence-electron chi connectivity index (χ4n) is 1.33. The molecule has 1 saturated heterocycles. The van der Waals surface area contributed by atoms with E-state index >= 15 is 0 Å². The zero-order chi connectivity index (χ0) is 8.39. The molecule has 1 aromatic heterocycles.